The topological polar surface area (TPSA) is 101 Å². The molecule has 1 aromatic heterocycles. The largest absolute Gasteiger partial charge is 0.491 e. The van der Waals surface area contributed by atoms with Gasteiger partial charge in [-0.25, -0.2) is 4.98 Å². The molecule has 6 heteroatoms. The molecule has 5 N–H and O–H groups in total. The van der Waals surface area contributed by atoms with Gasteiger partial charge in [-0.2, -0.15) is 0 Å². The van der Waals surface area contributed by atoms with Gasteiger partial charge in [0.15, 0.2) is 0 Å². The first-order valence-corrected chi connectivity index (χ1v) is 10.0. The maximum atomic E-state index is 8.69. The van der Waals surface area contributed by atoms with E-state index in [2.05, 4.69) is 9.88 Å². The first-order chi connectivity index (χ1) is 13.5. The fourth-order valence-electron chi connectivity index (χ4n) is 3.69. The number of piperidine rings is 1. The van der Waals surface area contributed by atoms with Gasteiger partial charge in [0, 0.05) is 36.1 Å². The molecule has 3 rings (SSSR count). The maximum Gasteiger partial charge on any atom is 0.129 e. The molecule has 2 aromatic rings. The normalized spacial score (nSPS) is 15.1. The molecule has 0 amide bonds. The Bertz CT molecular complexity index is 812. The van der Waals surface area contributed by atoms with Crippen molar-refractivity contribution in [3.05, 3.63) is 47.7 Å². The van der Waals surface area contributed by atoms with Crippen LogP contribution in [0.1, 0.15) is 44.2 Å². The third-order valence-corrected chi connectivity index (χ3v) is 5.21. The molecule has 0 atom stereocenters. The van der Waals surface area contributed by atoms with Gasteiger partial charge in [0.1, 0.15) is 11.6 Å². The molecule has 1 aliphatic rings. The van der Waals surface area contributed by atoms with Crippen LogP contribution in [0.15, 0.2) is 36.5 Å². The maximum absolute atomic E-state index is 8.69. The fraction of sp³-hybridized carbons (Fsp3) is 0.455. The number of pyridine rings is 1. The highest BCUT2D eigenvalue weighted by atomic mass is 16.5. The number of nitrogens with one attached hydrogen (secondary N) is 1. The highest BCUT2D eigenvalue weighted by Gasteiger charge is 2.20. The van der Waals surface area contributed by atoms with E-state index >= 15 is 0 Å². The summed E-state index contributed by atoms with van der Waals surface area (Å²) in [4.78, 5) is 6.84. The molecule has 1 aliphatic heterocycles. The Labute approximate surface area is 167 Å². The summed E-state index contributed by atoms with van der Waals surface area (Å²) in [5, 5.41) is 8.69. The molecular weight excluding hydrogens is 350 g/mol. The van der Waals surface area contributed by atoms with Gasteiger partial charge in [-0.1, -0.05) is 0 Å². The quantitative estimate of drug-likeness (QED) is 0.504. The van der Waals surface area contributed by atoms with Gasteiger partial charge in [-0.05, 0) is 75.9 Å². The van der Waals surface area contributed by atoms with Crippen molar-refractivity contribution >= 4 is 17.2 Å². The summed E-state index contributed by atoms with van der Waals surface area (Å²) < 4.78 is 5.76. The van der Waals surface area contributed by atoms with Gasteiger partial charge in [0.05, 0.1) is 11.8 Å². The summed E-state index contributed by atoms with van der Waals surface area (Å²) in [7, 11) is 0. The Morgan fingerprint density at radius 1 is 1.25 bits per heavy atom. The minimum atomic E-state index is 0.0698. The van der Waals surface area contributed by atoms with E-state index < -0.39 is 0 Å². The smallest absolute Gasteiger partial charge is 0.129 e. The summed E-state index contributed by atoms with van der Waals surface area (Å²) in [5.41, 5.74) is 14.3. The molecule has 0 radical (unpaired) electrons. The molecule has 6 nitrogen and oxygen atoms in total. The second-order valence-electron chi connectivity index (χ2n) is 7.70. The summed E-state index contributed by atoms with van der Waals surface area (Å²) in [6.07, 6.45) is 5.22. The van der Waals surface area contributed by atoms with Crippen molar-refractivity contribution in [2.24, 2.45) is 11.7 Å². The Hall–Kier alpha value is -2.60. The number of nitrogens with two attached hydrogens (primary N) is 2. The average molecular weight is 382 g/mol. The zero-order valence-corrected chi connectivity index (χ0v) is 16.8. The number of nitrogens with zero attached hydrogens (tertiary/aromatic N) is 2. The van der Waals surface area contributed by atoms with Gasteiger partial charge >= 0.3 is 0 Å². The number of hydrogen-bond acceptors (Lipinski definition) is 6. The summed E-state index contributed by atoms with van der Waals surface area (Å²) in [5.74, 6) is 2.35. The standard InChI is InChI=1S/C22H31N5O/c1-15(2)28-18-3-4-20(24)19(14-18)22(25)17-6-10-26-21(13-17)27-11-7-16(5-9-23)8-12-27/h3-4,6,10,13-16,25H,5,7-9,11-12,23-24H2,1-2H3. The molecule has 150 valence electrons. The summed E-state index contributed by atoms with van der Waals surface area (Å²) in [6, 6.07) is 9.33. The molecule has 0 spiro atoms. The van der Waals surface area contributed by atoms with Crippen LogP contribution in [-0.2, 0) is 0 Å². The van der Waals surface area contributed by atoms with Crippen LogP contribution in [0.3, 0.4) is 0 Å². The fourth-order valence-corrected chi connectivity index (χ4v) is 3.69. The van der Waals surface area contributed by atoms with Crippen molar-refractivity contribution in [3.8, 4) is 5.75 Å². The number of aromatic nitrogens is 1. The van der Waals surface area contributed by atoms with E-state index in [0.29, 0.717) is 22.9 Å². The highest BCUT2D eigenvalue weighted by Crippen LogP contribution is 2.27. The van der Waals surface area contributed by atoms with Crippen molar-refractivity contribution in [2.45, 2.75) is 39.2 Å². The Morgan fingerprint density at radius 3 is 2.68 bits per heavy atom. The summed E-state index contributed by atoms with van der Waals surface area (Å²) >= 11 is 0. The molecule has 1 fully saturated rings. The average Bonchev–Trinajstić information content (AvgIpc) is 2.69. The van der Waals surface area contributed by atoms with Crippen molar-refractivity contribution in [3.63, 3.8) is 0 Å². The van der Waals surface area contributed by atoms with Gasteiger partial charge in [0.2, 0.25) is 0 Å². The van der Waals surface area contributed by atoms with E-state index in [4.69, 9.17) is 21.6 Å². The Morgan fingerprint density at radius 2 is 2.00 bits per heavy atom. The molecular formula is C22H31N5O. The molecule has 0 aliphatic carbocycles. The number of nitrogen functional groups attached to an aromatic ring is 1. The van der Waals surface area contributed by atoms with Crippen LogP contribution in [0.5, 0.6) is 5.75 Å². The predicted octanol–water partition coefficient (Wildman–Crippen LogP) is 3.43. The van der Waals surface area contributed by atoms with E-state index in [0.717, 1.165) is 56.0 Å². The minimum absolute atomic E-state index is 0.0698. The van der Waals surface area contributed by atoms with E-state index in [9.17, 15) is 0 Å². The van der Waals surface area contributed by atoms with Gasteiger partial charge in [-0.3, -0.25) is 5.41 Å². The monoisotopic (exact) mass is 381 g/mol. The van der Waals surface area contributed by atoms with Crippen molar-refractivity contribution in [1.29, 1.82) is 5.41 Å². The van der Waals surface area contributed by atoms with E-state index in [1.54, 1.807) is 12.3 Å². The summed E-state index contributed by atoms with van der Waals surface area (Å²) in [6.45, 7) is 6.68. The first kappa shape index (κ1) is 20.1. The van der Waals surface area contributed by atoms with Crippen LogP contribution in [0.2, 0.25) is 0 Å². The van der Waals surface area contributed by atoms with E-state index in [1.807, 2.05) is 38.1 Å². The third kappa shape index (κ3) is 4.81. The third-order valence-electron chi connectivity index (χ3n) is 5.21. The zero-order chi connectivity index (χ0) is 20.1. The van der Waals surface area contributed by atoms with Crippen LogP contribution in [0.4, 0.5) is 11.5 Å². The van der Waals surface area contributed by atoms with Crippen LogP contribution < -0.4 is 21.1 Å². The molecule has 0 unspecified atom stereocenters. The van der Waals surface area contributed by atoms with Crippen LogP contribution in [0, 0.1) is 11.3 Å². The number of hydrogen-bond donors (Lipinski definition) is 3. The van der Waals surface area contributed by atoms with Crippen LogP contribution >= 0.6 is 0 Å². The number of ether oxygens (including phenoxy) is 1. The lowest BCUT2D eigenvalue weighted by atomic mass is 9.93. The molecule has 0 saturated carbocycles. The molecule has 1 aromatic carbocycles. The number of benzene rings is 1. The molecule has 2 heterocycles. The lowest BCUT2D eigenvalue weighted by Crippen LogP contribution is -2.34. The zero-order valence-electron chi connectivity index (χ0n) is 16.8. The van der Waals surface area contributed by atoms with E-state index in [1.165, 1.54) is 0 Å². The first-order valence-electron chi connectivity index (χ1n) is 10.0. The molecule has 1 saturated heterocycles. The van der Waals surface area contributed by atoms with Gasteiger partial charge in [0.25, 0.3) is 0 Å². The van der Waals surface area contributed by atoms with Gasteiger partial charge < -0.3 is 21.1 Å². The Kier molecular flexibility index (Phi) is 6.52. The number of anilines is 2. The molecule has 28 heavy (non-hydrogen) atoms. The SMILES string of the molecule is CC(C)Oc1ccc(N)c(C(=N)c2ccnc(N3CCC(CCN)CC3)c2)c1. The Balaban J connectivity index is 1.78. The second-order valence-corrected chi connectivity index (χ2v) is 7.70. The van der Waals surface area contributed by atoms with E-state index in [-0.39, 0.29) is 6.10 Å². The second kappa shape index (κ2) is 9.06. The van der Waals surface area contributed by atoms with Crippen molar-refractivity contribution in [2.75, 3.05) is 30.3 Å². The number of rotatable bonds is 7. The van der Waals surface area contributed by atoms with Crippen LogP contribution in [0.25, 0.3) is 0 Å². The predicted molar refractivity (Wildman–Crippen MR) is 115 cm³/mol. The minimum Gasteiger partial charge on any atom is -0.491 e. The van der Waals surface area contributed by atoms with Gasteiger partial charge in [-0.15, -0.1) is 0 Å². The van der Waals surface area contributed by atoms with Crippen LogP contribution in [-0.4, -0.2) is 36.4 Å². The molecule has 0 bridgehead atoms. The highest BCUT2D eigenvalue weighted by molar-refractivity contribution is 6.14. The lowest BCUT2D eigenvalue weighted by Gasteiger charge is -2.32. The van der Waals surface area contributed by atoms with Crippen molar-refractivity contribution in [1.82, 2.24) is 4.98 Å². The van der Waals surface area contributed by atoms with Crippen molar-refractivity contribution < 1.29 is 4.74 Å². The lowest BCUT2D eigenvalue weighted by molar-refractivity contribution is 0.242.